The fourth-order valence-corrected chi connectivity index (χ4v) is 2.50. The van der Waals surface area contributed by atoms with Crippen LogP contribution < -0.4 is 10.6 Å². The van der Waals surface area contributed by atoms with Crippen molar-refractivity contribution in [2.24, 2.45) is 0 Å². The Morgan fingerprint density at radius 3 is 2.67 bits per heavy atom. The van der Waals surface area contributed by atoms with Crippen molar-refractivity contribution in [1.82, 2.24) is 5.32 Å². The maximum Gasteiger partial charge on any atom is 0.416 e. The molecule has 0 bridgehead atoms. The maximum absolute atomic E-state index is 12.5. The molecule has 100 valence electrons. The Labute approximate surface area is 112 Å². The zero-order valence-electron chi connectivity index (χ0n) is 9.65. The van der Waals surface area contributed by atoms with Gasteiger partial charge in [0.2, 0.25) is 0 Å². The van der Waals surface area contributed by atoms with E-state index in [-0.39, 0.29) is 6.04 Å². The SMILES string of the molecule is FC(F)(F)c1ccc(NC2CCCNC2)c(Br)c1. The van der Waals surface area contributed by atoms with Gasteiger partial charge in [0.25, 0.3) is 0 Å². The summed E-state index contributed by atoms with van der Waals surface area (Å²) in [6.45, 7) is 1.85. The van der Waals surface area contributed by atoms with Crippen LogP contribution in [0.3, 0.4) is 0 Å². The minimum atomic E-state index is -4.30. The first-order valence-corrected chi connectivity index (χ1v) is 6.60. The van der Waals surface area contributed by atoms with Gasteiger partial charge < -0.3 is 10.6 Å². The van der Waals surface area contributed by atoms with E-state index >= 15 is 0 Å². The van der Waals surface area contributed by atoms with Gasteiger partial charge in [0.15, 0.2) is 0 Å². The molecule has 1 aliphatic rings. The van der Waals surface area contributed by atoms with Gasteiger partial charge in [-0.25, -0.2) is 0 Å². The van der Waals surface area contributed by atoms with Crippen LogP contribution in [-0.4, -0.2) is 19.1 Å². The fourth-order valence-electron chi connectivity index (χ4n) is 2.00. The number of benzene rings is 1. The van der Waals surface area contributed by atoms with Crippen molar-refractivity contribution in [3.8, 4) is 0 Å². The van der Waals surface area contributed by atoms with Crippen LogP contribution in [0.25, 0.3) is 0 Å². The average molecular weight is 323 g/mol. The lowest BCUT2D eigenvalue weighted by atomic mass is 10.1. The van der Waals surface area contributed by atoms with Gasteiger partial charge in [-0.2, -0.15) is 13.2 Å². The minimum absolute atomic E-state index is 0.270. The van der Waals surface area contributed by atoms with Gasteiger partial charge in [0.05, 0.1) is 5.56 Å². The number of halogens is 4. The number of hydrogen-bond acceptors (Lipinski definition) is 2. The summed E-state index contributed by atoms with van der Waals surface area (Å²) >= 11 is 3.18. The monoisotopic (exact) mass is 322 g/mol. The van der Waals surface area contributed by atoms with Gasteiger partial charge in [-0.15, -0.1) is 0 Å². The number of nitrogens with one attached hydrogen (secondary N) is 2. The van der Waals surface area contributed by atoms with Gasteiger partial charge in [-0.3, -0.25) is 0 Å². The van der Waals surface area contributed by atoms with Crippen molar-refractivity contribution in [3.05, 3.63) is 28.2 Å². The van der Waals surface area contributed by atoms with Crippen LogP contribution in [0.4, 0.5) is 18.9 Å². The Kier molecular flexibility index (Phi) is 4.17. The minimum Gasteiger partial charge on any atom is -0.380 e. The number of hydrogen-bond donors (Lipinski definition) is 2. The zero-order valence-corrected chi connectivity index (χ0v) is 11.2. The Balaban J connectivity index is 2.09. The normalized spacial score (nSPS) is 20.8. The van der Waals surface area contributed by atoms with E-state index in [2.05, 4.69) is 26.6 Å². The Morgan fingerprint density at radius 1 is 1.33 bits per heavy atom. The predicted octanol–water partition coefficient (Wildman–Crippen LogP) is 3.63. The molecule has 1 fully saturated rings. The first kappa shape index (κ1) is 13.7. The lowest BCUT2D eigenvalue weighted by molar-refractivity contribution is -0.137. The van der Waals surface area contributed by atoms with Crippen molar-refractivity contribution in [1.29, 1.82) is 0 Å². The quantitative estimate of drug-likeness (QED) is 0.868. The van der Waals surface area contributed by atoms with Crippen molar-refractivity contribution in [3.63, 3.8) is 0 Å². The van der Waals surface area contributed by atoms with Crippen LogP contribution in [0.1, 0.15) is 18.4 Å². The molecule has 0 aliphatic carbocycles. The van der Waals surface area contributed by atoms with E-state index in [4.69, 9.17) is 0 Å². The van der Waals surface area contributed by atoms with E-state index in [1.807, 2.05) is 0 Å². The second-order valence-electron chi connectivity index (χ2n) is 4.38. The topological polar surface area (TPSA) is 24.1 Å². The number of rotatable bonds is 2. The third-order valence-electron chi connectivity index (χ3n) is 2.95. The van der Waals surface area contributed by atoms with E-state index < -0.39 is 11.7 Å². The standard InChI is InChI=1S/C12H14BrF3N2/c13-10-6-8(12(14,15)16)3-4-11(10)18-9-2-1-5-17-7-9/h3-4,6,9,17-18H,1-2,5,7H2. The molecule has 0 spiro atoms. The molecule has 2 nitrogen and oxygen atoms in total. The highest BCUT2D eigenvalue weighted by Gasteiger charge is 2.30. The van der Waals surface area contributed by atoms with Crippen LogP contribution in [0, 0.1) is 0 Å². The highest BCUT2D eigenvalue weighted by molar-refractivity contribution is 9.10. The summed E-state index contributed by atoms with van der Waals surface area (Å²) in [6.07, 6.45) is -2.19. The van der Waals surface area contributed by atoms with Gasteiger partial charge in [0.1, 0.15) is 0 Å². The van der Waals surface area contributed by atoms with Crippen LogP contribution >= 0.6 is 15.9 Å². The lowest BCUT2D eigenvalue weighted by Crippen LogP contribution is -2.38. The Morgan fingerprint density at radius 2 is 2.11 bits per heavy atom. The molecular weight excluding hydrogens is 309 g/mol. The molecule has 18 heavy (non-hydrogen) atoms. The second kappa shape index (κ2) is 5.48. The largest absolute Gasteiger partial charge is 0.416 e. The summed E-state index contributed by atoms with van der Waals surface area (Å²) in [6, 6.07) is 3.95. The molecule has 1 aromatic rings. The van der Waals surface area contributed by atoms with E-state index in [9.17, 15) is 13.2 Å². The number of alkyl halides is 3. The predicted molar refractivity (Wildman–Crippen MR) is 68.7 cm³/mol. The first-order valence-electron chi connectivity index (χ1n) is 5.81. The fraction of sp³-hybridized carbons (Fsp3) is 0.500. The number of anilines is 1. The Bertz CT molecular complexity index is 414. The summed E-state index contributed by atoms with van der Waals surface area (Å²) in [4.78, 5) is 0. The van der Waals surface area contributed by atoms with E-state index in [0.717, 1.165) is 38.1 Å². The van der Waals surface area contributed by atoms with E-state index in [1.54, 1.807) is 0 Å². The van der Waals surface area contributed by atoms with Crippen molar-refractivity contribution in [2.45, 2.75) is 25.1 Å². The average Bonchev–Trinajstić information content (AvgIpc) is 2.32. The zero-order chi connectivity index (χ0) is 13.2. The molecule has 1 atom stereocenters. The molecular formula is C12H14BrF3N2. The summed E-state index contributed by atoms with van der Waals surface area (Å²) in [7, 11) is 0. The van der Waals surface area contributed by atoms with E-state index in [1.165, 1.54) is 6.07 Å². The molecule has 0 aromatic heterocycles. The third-order valence-corrected chi connectivity index (χ3v) is 3.61. The number of piperidine rings is 1. The first-order chi connectivity index (χ1) is 8.47. The maximum atomic E-state index is 12.5. The van der Waals surface area contributed by atoms with Gasteiger partial charge in [-0.05, 0) is 53.5 Å². The molecule has 6 heteroatoms. The van der Waals surface area contributed by atoms with Crippen molar-refractivity contribution < 1.29 is 13.2 Å². The summed E-state index contributed by atoms with van der Waals surface area (Å²) in [5.41, 5.74) is 0.0680. The van der Waals surface area contributed by atoms with E-state index in [0.29, 0.717) is 10.2 Å². The van der Waals surface area contributed by atoms with Crippen LogP contribution in [0.15, 0.2) is 22.7 Å². The summed E-state index contributed by atoms with van der Waals surface area (Å²) in [5.74, 6) is 0. The second-order valence-corrected chi connectivity index (χ2v) is 5.23. The summed E-state index contributed by atoms with van der Waals surface area (Å²) in [5, 5.41) is 6.50. The molecule has 0 saturated carbocycles. The molecule has 0 radical (unpaired) electrons. The van der Waals surface area contributed by atoms with Gasteiger partial charge >= 0.3 is 6.18 Å². The van der Waals surface area contributed by atoms with Gasteiger partial charge in [-0.1, -0.05) is 0 Å². The van der Waals surface area contributed by atoms with Crippen molar-refractivity contribution >= 4 is 21.6 Å². The molecule has 1 saturated heterocycles. The van der Waals surface area contributed by atoms with Crippen molar-refractivity contribution in [2.75, 3.05) is 18.4 Å². The smallest absolute Gasteiger partial charge is 0.380 e. The van der Waals surface area contributed by atoms with Crippen LogP contribution in [0.2, 0.25) is 0 Å². The lowest BCUT2D eigenvalue weighted by Gasteiger charge is -2.25. The van der Waals surface area contributed by atoms with Gasteiger partial charge in [0, 0.05) is 22.7 Å². The molecule has 1 heterocycles. The highest BCUT2D eigenvalue weighted by Crippen LogP contribution is 2.34. The molecule has 2 rings (SSSR count). The highest BCUT2D eigenvalue weighted by atomic mass is 79.9. The Hall–Kier alpha value is -0.750. The van der Waals surface area contributed by atoms with Crippen LogP contribution in [-0.2, 0) is 6.18 Å². The molecule has 2 N–H and O–H groups in total. The molecule has 1 aliphatic heterocycles. The molecule has 0 amide bonds. The molecule has 1 aromatic carbocycles. The van der Waals surface area contributed by atoms with Crippen LogP contribution in [0.5, 0.6) is 0 Å². The third kappa shape index (κ3) is 3.38. The molecule has 1 unspecified atom stereocenters. The summed E-state index contributed by atoms with van der Waals surface area (Å²) < 4.78 is 38.0.